The van der Waals surface area contributed by atoms with Crippen LogP contribution in [0.1, 0.15) is 5.56 Å². The number of hydrogen-bond acceptors (Lipinski definition) is 4. The van der Waals surface area contributed by atoms with Crippen LogP contribution in [0.2, 0.25) is 0 Å². The highest BCUT2D eigenvalue weighted by Crippen LogP contribution is 2.13. The molecule has 0 aliphatic heterocycles. The third-order valence-electron chi connectivity index (χ3n) is 1.87. The number of carbonyl (C=O) groups is 2. The second-order valence-corrected chi connectivity index (χ2v) is 3.58. The Labute approximate surface area is 118 Å². The lowest BCUT2D eigenvalue weighted by molar-refractivity contribution is -0.192. The van der Waals surface area contributed by atoms with E-state index in [-0.39, 0.29) is 6.61 Å². The molecule has 0 saturated heterocycles. The summed E-state index contributed by atoms with van der Waals surface area (Å²) in [5, 5.41) is 9.64. The molecule has 4 N–H and O–H groups in total. The number of hydrogen-bond donors (Lipinski definition) is 3. The van der Waals surface area contributed by atoms with Gasteiger partial charge in [0.1, 0.15) is 6.61 Å². The van der Waals surface area contributed by atoms with Crippen molar-refractivity contribution in [3.05, 3.63) is 35.9 Å². The number of carbonyl (C=O) groups excluding carboxylic acids is 1. The Morgan fingerprint density at radius 2 is 1.76 bits per heavy atom. The van der Waals surface area contributed by atoms with Crippen LogP contribution in [0.25, 0.3) is 0 Å². The Balaban J connectivity index is 0.000000486. The second kappa shape index (κ2) is 9.59. The summed E-state index contributed by atoms with van der Waals surface area (Å²) in [4.78, 5) is 19.9. The van der Waals surface area contributed by atoms with Crippen LogP contribution in [0.3, 0.4) is 0 Å². The molecule has 1 amide bonds. The number of rotatable bonds is 4. The lowest BCUT2D eigenvalue weighted by atomic mass is 10.2. The van der Waals surface area contributed by atoms with Crippen molar-refractivity contribution in [1.82, 2.24) is 5.32 Å². The number of halogens is 3. The van der Waals surface area contributed by atoms with E-state index in [4.69, 9.17) is 20.4 Å². The Morgan fingerprint density at radius 3 is 2.19 bits per heavy atom. The third-order valence-corrected chi connectivity index (χ3v) is 1.87. The number of ether oxygens (including phenoxy) is 1. The minimum atomic E-state index is -5.08. The molecule has 0 aromatic heterocycles. The normalized spacial score (nSPS) is 10.1. The molecule has 6 nitrogen and oxygen atoms in total. The van der Waals surface area contributed by atoms with E-state index in [1.54, 1.807) is 0 Å². The first kappa shape index (κ1) is 18.7. The number of alkyl halides is 3. The maximum atomic E-state index is 11.0. The van der Waals surface area contributed by atoms with Crippen molar-refractivity contribution < 1.29 is 32.6 Å². The zero-order valence-electron chi connectivity index (χ0n) is 10.9. The summed E-state index contributed by atoms with van der Waals surface area (Å²) in [6.45, 7) is 1.14. The average Bonchev–Trinajstić information content (AvgIpc) is 2.43. The van der Waals surface area contributed by atoms with Crippen LogP contribution in [0.4, 0.5) is 18.0 Å². The molecular formula is C12H15F3N2O4. The molecule has 0 unspecified atom stereocenters. The first-order valence-corrected chi connectivity index (χ1v) is 5.72. The van der Waals surface area contributed by atoms with E-state index in [9.17, 15) is 18.0 Å². The summed E-state index contributed by atoms with van der Waals surface area (Å²) in [5.41, 5.74) is 6.18. The molecule has 0 aliphatic carbocycles. The van der Waals surface area contributed by atoms with E-state index in [0.717, 1.165) is 5.56 Å². The average molecular weight is 308 g/mol. The van der Waals surface area contributed by atoms with Gasteiger partial charge in [0.25, 0.3) is 0 Å². The van der Waals surface area contributed by atoms with Gasteiger partial charge in [-0.15, -0.1) is 0 Å². The Morgan fingerprint density at radius 1 is 1.24 bits per heavy atom. The van der Waals surface area contributed by atoms with Crippen molar-refractivity contribution in [3.8, 4) is 0 Å². The van der Waals surface area contributed by atoms with Crippen molar-refractivity contribution in [1.29, 1.82) is 0 Å². The molecule has 0 atom stereocenters. The van der Waals surface area contributed by atoms with Gasteiger partial charge in [-0.3, -0.25) is 0 Å². The Hall–Kier alpha value is -2.29. The quantitative estimate of drug-likeness (QED) is 0.782. The lowest BCUT2D eigenvalue weighted by Crippen LogP contribution is -2.29. The van der Waals surface area contributed by atoms with Crippen LogP contribution in [0, 0.1) is 0 Å². The molecule has 21 heavy (non-hydrogen) atoms. The number of aliphatic carboxylic acids is 1. The second-order valence-electron chi connectivity index (χ2n) is 3.58. The number of benzene rings is 1. The first-order valence-electron chi connectivity index (χ1n) is 5.72. The number of nitrogens with two attached hydrogens (primary N) is 1. The fourth-order valence-corrected chi connectivity index (χ4v) is 0.948. The molecule has 1 rings (SSSR count). The van der Waals surface area contributed by atoms with Gasteiger partial charge in [0.2, 0.25) is 0 Å². The smallest absolute Gasteiger partial charge is 0.475 e. The standard InChI is InChI=1S/C10H14N2O2.C2HF3O2/c11-6-7-12-10(13)14-8-9-4-2-1-3-5-9;3-2(4,5)1(6)7/h1-5H,6-8,11H2,(H,12,13);(H,6,7). The molecule has 1 aromatic carbocycles. The molecule has 0 heterocycles. The minimum absolute atomic E-state index is 0.289. The Kier molecular flexibility index (Phi) is 8.54. The number of amides is 1. The van der Waals surface area contributed by atoms with Crippen molar-refractivity contribution in [2.45, 2.75) is 12.8 Å². The van der Waals surface area contributed by atoms with Gasteiger partial charge in [0.05, 0.1) is 0 Å². The van der Waals surface area contributed by atoms with Crippen LogP contribution in [0.5, 0.6) is 0 Å². The van der Waals surface area contributed by atoms with Gasteiger partial charge in [-0.2, -0.15) is 13.2 Å². The molecule has 0 radical (unpaired) electrons. The van der Waals surface area contributed by atoms with E-state index in [1.807, 2.05) is 30.3 Å². The summed E-state index contributed by atoms with van der Waals surface area (Å²) in [7, 11) is 0. The molecule has 0 fully saturated rings. The van der Waals surface area contributed by atoms with Crippen molar-refractivity contribution in [2.75, 3.05) is 13.1 Å². The van der Waals surface area contributed by atoms with Gasteiger partial charge in [0.15, 0.2) is 0 Å². The van der Waals surface area contributed by atoms with E-state index in [1.165, 1.54) is 0 Å². The third kappa shape index (κ3) is 10.2. The SMILES string of the molecule is NCCNC(=O)OCc1ccccc1.O=C(O)C(F)(F)F. The van der Waals surface area contributed by atoms with Gasteiger partial charge < -0.3 is 20.9 Å². The summed E-state index contributed by atoms with van der Waals surface area (Å²) in [6.07, 6.45) is -5.51. The van der Waals surface area contributed by atoms with E-state index >= 15 is 0 Å². The van der Waals surface area contributed by atoms with Crippen LogP contribution in [0.15, 0.2) is 30.3 Å². The van der Waals surface area contributed by atoms with Gasteiger partial charge in [-0.05, 0) is 5.56 Å². The Bertz CT molecular complexity index is 438. The maximum Gasteiger partial charge on any atom is 0.490 e. The summed E-state index contributed by atoms with van der Waals surface area (Å²) in [5.74, 6) is -2.76. The van der Waals surface area contributed by atoms with E-state index in [2.05, 4.69) is 5.32 Å². The largest absolute Gasteiger partial charge is 0.490 e. The number of nitrogens with one attached hydrogen (secondary N) is 1. The van der Waals surface area contributed by atoms with Crippen molar-refractivity contribution >= 4 is 12.1 Å². The van der Waals surface area contributed by atoms with Gasteiger partial charge in [-0.1, -0.05) is 30.3 Å². The maximum absolute atomic E-state index is 11.0. The molecule has 1 aromatic rings. The van der Waals surface area contributed by atoms with Crippen molar-refractivity contribution in [2.24, 2.45) is 5.73 Å². The molecule has 118 valence electrons. The molecule has 0 aliphatic rings. The number of carboxylic acid groups (broad SMARTS) is 1. The highest BCUT2D eigenvalue weighted by atomic mass is 19.4. The van der Waals surface area contributed by atoms with Crippen molar-refractivity contribution in [3.63, 3.8) is 0 Å². The summed E-state index contributed by atoms with van der Waals surface area (Å²) < 4.78 is 36.7. The zero-order valence-corrected chi connectivity index (χ0v) is 10.9. The van der Waals surface area contributed by atoms with Crippen LogP contribution < -0.4 is 11.1 Å². The van der Waals surface area contributed by atoms with Crippen LogP contribution in [-0.2, 0) is 16.1 Å². The predicted molar refractivity (Wildman–Crippen MR) is 67.4 cm³/mol. The molecule has 0 bridgehead atoms. The highest BCUT2D eigenvalue weighted by molar-refractivity contribution is 5.73. The fourth-order valence-electron chi connectivity index (χ4n) is 0.948. The van der Waals surface area contributed by atoms with E-state index < -0.39 is 18.2 Å². The van der Waals surface area contributed by atoms with Gasteiger partial charge in [0, 0.05) is 13.1 Å². The predicted octanol–water partition coefficient (Wildman–Crippen LogP) is 1.50. The molecule has 0 saturated carbocycles. The summed E-state index contributed by atoms with van der Waals surface area (Å²) >= 11 is 0. The summed E-state index contributed by atoms with van der Waals surface area (Å²) in [6, 6.07) is 9.51. The van der Waals surface area contributed by atoms with Crippen LogP contribution >= 0.6 is 0 Å². The van der Waals surface area contributed by atoms with Crippen LogP contribution in [-0.4, -0.2) is 36.4 Å². The number of alkyl carbamates (subject to hydrolysis) is 1. The topological polar surface area (TPSA) is 102 Å². The molecule has 9 heteroatoms. The fraction of sp³-hybridized carbons (Fsp3) is 0.333. The molecule has 0 spiro atoms. The highest BCUT2D eigenvalue weighted by Gasteiger charge is 2.38. The zero-order chi connectivity index (χ0) is 16.3. The van der Waals surface area contributed by atoms with Gasteiger partial charge in [-0.25, -0.2) is 9.59 Å². The lowest BCUT2D eigenvalue weighted by Gasteiger charge is -2.05. The number of carboxylic acids is 1. The monoisotopic (exact) mass is 308 g/mol. The van der Waals surface area contributed by atoms with Gasteiger partial charge >= 0.3 is 18.2 Å². The molecular weight excluding hydrogens is 293 g/mol. The first-order chi connectivity index (χ1) is 9.77. The van der Waals surface area contributed by atoms with E-state index in [0.29, 0.717) is 13.1 Å². The minimum Gasteiger partial charge on any atom is -0.475 e.